The molecule has 2 amide bonds. The van der Waals surface area contributed by atoms with E-state index in [1.165, 1.54) is 11.3 Å². The Balaban J connectivity index is 1.76. The number of aromatic amines is 1. The zero-order valence-corrected chi connectivity index (χ0v) is 13.1. The molecule has 0 saturated heterocycles. The molecule has 0 radical (unpaired) electrons. The second-order valence-corrected chi connectivity index (χ2v) is 5.89. The Kier molecular flexibility index (Phi) is 3.94. The van der Waals surface area contributed by atoms with Crippen molar-refractivity contribution in [3.05, 3.63) is 58.7 Å². The number of nitrogens with two attached hydrogens (primary N) is 1. The molecule has 0 saturated carbocycles. The molecule has 2 aromatic heterocycles. The van der Waals surface area contributed by atoms with Crippen LogP contribution in [0.4, 0.5) is 5.13 Å². The van der Waals surface area contributed by atoms with E-state index in [2.05, 4.69) is 15.3 Å². The van der Waals surface area contributed by atoms with Crippen LogP contribution in [-0.4, -0.2) is 21.8 Å². The Morgan fingerprint density at radius 1 is 1.30 bits per heavy atom. The highest BCUT2D eigenvalue weighted by atomic mass is 32.1. The van der Waals surface area contributed by atoms with E-state index in [1.54, 1.807) is 23.7 Å². The van der Waals surface area contributed by atoms with Crippen LogP contribution in [-0.2, 0) is 0 Å². The van der Waals surface area contributed by atoms with Gasteiger partial charge >= 0.3 is 0 Å². The number of primary amides is 1. The Bertz CT molecular complexity index is 882. The average Bonchev–Trinajstić information content (AvgIpc) is 3.15. The van der Waals surface area contributed by atoms with Crippen LogP contribution in [0.25, 0.3) is 11.3 Å². The molecule has 0 fully saturated rings. The van der Waals surface area contributed by atoms with Gasteiger partial charge in [-0.2, -0.15) is 0 Å². The summed E-state index contributed by atoms with van der Waals surface area (Å²) in [5.74, 6) is -0.735. The zero-order valence-electron chi connectivity index (χ0n) is 12.3. The van der Waals surface area contributed by atoms with Crippen molar-refractivity contribution in [2.45, 2.75) is 6.92 Å². The fourth-order valence-electron chi connectivity index (χ4n) is 2.10. The lowest BCUT2D eigenvalue weighted by atomic mass is 10.1. The van der Waals surface area contributed by atoms with Gasteiger partial charge in [-0.15, -0.1) is 11.3 Å². The molecule has 7 heteroatoms. The number of rotatable bonds is 4. The average molecular weight is 326 g/mol. The van der Waals surface area contributed by atoms with Crippen LogP contribution in [0.3, 0.4) is 0 Å². The number of carbonyl (C=O) groups is 2. The molecule has 0 aliphatic rings. The van der Waals surface area contributed by atoms with Gasteiger partial charge in [0.15, 0.2) is 5.13 Å². The minimum absolute atomic E-state index is 0.207. The molecular weight excluding hydrogens is 312 g/mol. The summed E-state index contributed by atoms with van der Waals surface area (Å²) in [4.78, 5) is 30.4. The van der Waals surface area contributed by atoms with E-state index in [9.17, 15) is 9.59 Å². The van der Waals surface area contributed by atoms with Gasteiger partial charge in [-0.1, -0.05) is 17.7 Å². The molecule has 23 heavy (non-hydrogen) atoms. The van der Waals surface area contributed by atoms with Crippen molar-refractivity contribution >= 4 is 28.3 Å². The summed E-state index contributed by atoms with van der Waals surface area (Å²) in [5.41, 5.74) is 8.53. The number of aromatic nitrogens is 2. The molecule has 0 bridgehead atoms. The number of benzene rings is 1. The molecule has 3 rings (SSSR count). The number of nitrogens with zero attached hydrogens (tertiary/aromatic N) is 1. The lowest BCUT2D eigenvalue weighted by Crippen LogP contribution is -2.11. The summed E-state index contributed by atoms with van der Waals surface area (Å²) >= 11 is 1.32. The van der Waals surface area contributed by atoms with E-state index in [4.69, 9.17) is 5.73 Å². The molecule has 0 aliphatic heterocycles. The minimum Gasteiger partial charge on any atom is -0.364 e. The third-order valence-corrected chi connectivity index (χ3v) is 4.01. The molecule has 0 aliphatic carbocycles. The smallest absolute Gasteiger partial charge is 0.265 e. The number of carbonyl (C=O) groups excluding carboxylic acids is 2. The van der Waals surface area contributed by atoms with E-state index >= 15 is 0 Å². The van der Waals surface area contributed by atoms with Crippen molar-refractivity contribution in [1.82, 2.24) is 9.97 Å². The van der Waals surface area contributed by atoms with E-state index in [1.807, 2.05) is 25.1 Å². The van der Waals surface area contributed by atoms with E-state index < -0.39 is 5.91 Å². The molecular formula is C16H14N4O2S. The molecule has 3 aromatic rings. The molecule has 1 aromatic carbocycles. The maximum Gasteiger partial charge on any atom is 0.265 e. The van der Waals surface area contributed by atoms with Crippen LogP contribution in [0.15, 0.2) is 41.9 Å². The molecule has 116 valence electrons. The lowest BCUT2D eigenvalue weighted by Gasteiger charge is -2.02. The third-order valence-electron chi connectivity index (χ3n) is 3.25. The molecule has 0 atom stereocenters. The third kappa shape index (κ3) is 3.29. The highest BCUT2D eigenvalue weighted by molar-refractivity contribution is 7.14. The normalized spacial score (nSPS) is 10.5. The first-order chi connectivity index (χ1) is 11.0. The van der Waals surface area contributed by atoms with Gasteiger partial charge in [0, 0.05) is 22.7 Å². The number of nitrogens with one attached hydrogen (secondary N) is 2. The van der Waals surface area contributed by atoms with Crippen LogP contribution in [0, 0.1) is 6.92 Å². The molecule has 0 spiro atoms. The van der Waals surface area contributed by atoms with Crippen molar-refractivity contribution in [3.8, 4) is 11.3 Å². The predicted octanol–water partition coefficient (Wildman–Crippen LogP) is 2.80. The summed E-state index contributed by atoms with van der Waals surface area (Å²) < 4.78 is 0. The lowest BCUT2D eigenvalue weighted by molar-refractivity contribution is 0.0994. The minimum atomic E-state index is -0.528. The second kappa shape index (κ2) is 6.05. The van der Waals surface area contributed by atoms with Crippen molar-refractivity contribution in [3.63, 3.8) is 0 Å². The van der Waals surface area contributed by atoms with Crippen molar-refractivity contribution in [2.75, 3.05) is 5.32 Å². The van der Waals surface area contributed by atoms with E-state index in [0.717, 1.165) is 11.1 Å². The number of hydrogen-bond donors (Lipinski definition) is 3. The van der Waals surface area contributed by atoms with Gasteiger partial charge in [-0.05, 0) is 25.1 Å². The van der Waals surface area contributed by atoms with Gasteiger partial charge in [-0.25, -0.2) is 4.98 Å². The zero-order chi connectivity index (χ0) is 16.4. The van der Waals surface area contributed by atoms with E-state index in [-0.39, 0.29) is 5.91 Å². The highest BCUT2D eigenvalue weighted by Gasteiger charge is 2.12. The van der Waals surface area contributed by atoms with Crippen LogP contribution < -0.4 is 11.1 Å². The Hall–Kier alpha value is -2.93. The monoisotopic (exact) mass is 326 g/mol. The van der Waals surface area contributed by atoms with Gasteiger partial charge in [0.2, 0.25) is 0 Å². The molecule has 0 unspecified atom stereocenters. The number of thiazole rings is 1. The van der Waals surface area contributed by atoms with E-state index in [0.29, 0.717) is 22.1 Å². The van der Waals surface area contributed by atoms with Crippen molar-refractivity contribution in [1.29, 1.82) is 0 Å². The fraction of sp³-hybridized carbons (Fsp3) is 0.0625. The van der Waals surface area contributed by atoms with Gasteiger partial charge in [0.1, 0.15) is 5.69 Å². The highest BCUT2D eigenvalue weighted by Crippen LogP contribution is 2.25. The van der Waals surface area contributed by atoms with Gasteiger partial charge in [0.25, 0.3) is 11.8 Å². The van der Waals surface area contributed by atoms with Crippen LogP contribution in [0.5, 0.6) is 0 Å². The maximum absolute atomic E-state index is 12.2. The van der Waals surface area contributed by atoms with Crippen LogP contribution in [0.1, 0.15) is 26.4 Å². The molecule has 2 heterocycles. The number of hydrogen-bond acceptors (Lipinski definition) is 4. The second-order valence-electron chi connectivity index (χ2n) is 5.03. The van der Waals surface area contributed by atoms with Gasteiger partial charge in [-0.3, -0.25) is 14.9 Å². The van der Waals surface area contributed by atoms with Gasteiger partial charge < -0.3 is 10.7 Å². The standard InChI is InChI=1S/C16H14N4O2S/c1-9-3-2-4-10(5-9)15(22)20-16-19-13(8-23-16)11-6-12(14(17)21)18-7-11/h2-8,18H,1H3,(H2,17,21)(H,19,20,22). The predicted molar refractivity (Wildman–Crippen MR) is 89.6 cm³/mol. The Morgan fingerprint density at radius 3 is 2.83 bits per heavy atom. The summed E-state index contributed by atoms with van der Waals surface area (Å²) in [5, 5.41) is 5.07. The number of anilines is 1. The van der Waals surface area contributed by atoms with Gasteiger partial charge in [0.05, 0.1) is 5.69 Å². The number of H-pyrrole nitrogens is 1. The summed E-state index contributed by atoms with van der Waals surface area (Å²) in [7, 11) is 0. The van der Waals surface area contributed by atoms with Crippen LogP contribution in [0.2, 0.25) is 0 Å². The SMILES string of the molecule is Cc1cccc(C(=O)Nc2nc(-c3c[nH]c(C(N)=O)c3)cs2)c1. The molecule has 6 nitrogen and oxygen atoms in total. The largest absolute Gasteiger partial charge is 0.364 e. The first-order valence-electron chi connectivity index (χ1n) is 6.85. The number of aryl methyl sites for hydroxylation is 1. The Morgan fingerprint density at radius 2 is 2.13 bits per heavy atom. The quantitative estimate of drug-likeness (QED) is 0.687. The first kappa shape index (κ1) is 15.0. The topological polar surface area (TPSA) is 101 Å². The first-order valence-corrected chi connectivity index (χ1v) is 7.73. The molecule has 4 N–H and O–H groups in total. The summed E-state index contributed by atoms with van der Waals surface area (Å²) in [6, 6.07) is 8.96. The summed E-state index contributed by atoms with van der Waals surface area (Å²) in [6.07, 6.45) is 1.65. The number of amides is 2. The van der Waals surface area contributed by atoms with Crippen LogP contribution >= 0.6 is 11.3 Å². The van der Waals surface area contributed by atoms with Crippen molar-refractivity contribution in [2.24, 2.45) is 5.73 Å². The Labute approximate surface area is 136 Å². The van der Waals surface area contributed by atoms with Crippen molar-refractivity contribution < 1.29 is 9.59 Å². The maximum atomic E-state index is 12.2. The summed E-state index contributed by atoms with van der Waals surface area (Å²) in [6.45, 7) is 1.93. The fourth-order valence-corrected chi connectivity index (χ4v) is 2.82.